The standard InChI is InChI=1S/C11H14F2N2O3/c1-17-4-5-18-7-14-11(16)15-10-3-2-8(12)6-9(10)13/h2-3,6H,4-5,7H2,1H3,(H2,14,15,16). The molecule has 1 aromatic carbocycles. The van der Waals surface area contributed by atoms with Gasteiger partial charge in [0.2, 0.25) is 0 Å². The molecule has 7 heteroatoms. The number of hydrogen-bond donors (Lipinski definition) is 2. The Labute approximate surface area is 103 Å². The van der Waals surface area contributed by atoms with Crippen molar-refractivity contribution in [1.29, 1.82) is 0 Å². The van der Waals surface area contributed by atoms with Crippen molar-refractivity contribution in [2.24, 2.45) is 0 Å². The van der Waals surface area contributed by atoms with E-state index in [9.17, 15) is 13.6 Å². The van der Waals surface area contributed by atoms with Gasteiger partial charge in [-0.15, -0.1) is 0 Å². The van der Waals surface area contributed by atoms with Gasteiger partial charge in [0.05, 0.1) is 18.9 Å². The predicted molar refractivity (Wildman–Crippen MR) is 61.2 cm³/mol. The molecule has 0 fully saturated rings. The SMILES string of the molecule is COCCOCNC(=O)Nc1ccc(F)cc1F. The molecule has 0 unspecified atom stereocenters. The Balaban J connectivity index is 2.31. The first kappa shape index (κ1) is 14.3. The van der Waals surface area contributed by atoms with Crippen molar-refractivity contribution < 1.29 is 23.0 Å². The zero-order valence-corrected chi connectivity index (χ0v) is 9.83. The molecule has 0 radical (unpaired) electrons. The number of ether oxygens (including phenoxy) is 2. The monoisotopic (exact) mass is 260 g/mol. The molecular formula is C11H14F2N2O3. The van der Waals surface area contributed by atoms with Gasteiger partial charge in [-0.3, -0.25) is 0 Å². The average molecular weight is 260 g/mol. The van der Waals surface area contributed by atoms with E-state index in [2.05, 4.69) is 10.6 Å². The summed E-state index contributed by atoms with van der Waals surface area (Å²) in [7, 11) is 1.53. The minimum atomic E-state index is -0.842. The summed E-state index contributed by atoms with van der Waals surface area (Å²) in [5.74, 6) is -1.55. The molecule has 0 atom stereocenters. The van der Waals surface area contributed by atoms with Gasteiger partial charge in [0, 0.05) is 13.2 Å². The van der Waals surface area contributed by atoms with E-state index in [1.165, 1.54) is 7.11 Å². The number of benzene rings is 1. The molecule has 0 aliphatic rings. The van der Waals surface area contributed by atoms with Gasteiger partial charge < -0.3 is 20.1 Å². The maximum absolute atomic E-state index is 13.2. The highest BCUT2D eigenvalue weighted by Crippen LogP contribution is 2.14. The summed E-state index contributed by atoms with van der Waals surface area (Å²) in [6.07, 6.45) is 0. The molecular weight excluding hydrogens is 246 g/mol. The van der Waals surface area contributed by atoms with Crippen molar-refractivity contribution in [2.75, 3.05) is 32.4 Å². The fraction of sp³-hybridized carbons (Fsp3) is 0.364. The molecule has 2 N–H and O–H groups in total. The van der Waals surface area contributed by atoms with Crippen LogP contribution in [-0.2, 0) is 9.47 Å². The van der Waals surface area contributed by atoms with E-state index < -0.39 is 17.7 Å². The number of rotatable bonds is 6. The van der Waals surface area contributed by atoms with Crippen LogP contribution in [-0.4, -0.2) is 33.1 Å². The van der Waals surface area contributed by atoms with Crippen molar-refractivity contribution in [3.05, 3.63) is 29.8 Å². The number of hydrogen-bond acceptors (Lipinski definition) is 3. The van der Waals surface area contributed by atoms with Crippen molar-refractivity contribution in [3.8, 4) is 0 Å². The first-order chi connectivity index (χ1) is 8.63. The lowest BCUT2D eigenvalue weighted by molar-refractivity contribution is 0.0650. The van der Waals surface area contributed by atoms with E-state index in [1.807, 2.05) is 0 Å². The zero-order valence-electron chi connectivity index (χ0n) is 9.83. The molecule has 2 amide bonds. The molecule has 0 spiro atoms. The van der Waals surface area contributed by atoms with E-state index >= 15 is 0 Å². The lowest BCUT2D eigenvalue weighted by Crippen LogP contribution is -2.31. The highest BCUT2D eigenvalue weighted by molar-refractivity contribution is 5.89. The van der Waals surface area contributed by atoms with Gasteiger partial charge in [0.15, 0.2) is 0 Å². The number of halogens is 2. The summed E-state index contributed by atoms with van der Waals surface area (Å²) < 4.78 is 35.5. The topological polar surface area (TPSA) is 59.6 Å². The normalized spacial score (nSPS) is 10.2. The Morgan fingerprint density at radius 1 is 1.33 bits per heavy atom. The molecule has 0 heterocycles. The van der Waals surface area contributed by atoms with Gasteiger partial charge in [-0.1, -0.05) is 0 Å². The fourth-order valence-electron chi connectivity index (χ4n) is 1.09. The molecule has 1 rings (SSSR count). The van der Waals surface area contributed by atoms with Crippen LogP contribution in [0.25, 0.3) is 0 Å². The lowest BCUT2D eigenvalue weighted by atomic mass is 10.3. The van der Waals surface area contributed by atoms with Crippen LogP contribution in [0.3, 0.4) is 0 Å². The van der Waals surface area contributed by atoms with Gasteiger partial charge in [-0.05, 0) is 12.1 Å². The molecule has 0 aliphatic heterocycles. The van der Waals surface area contributed by atoms with Gasteiger partial charge in [0.25, 0.3) is 0 Å². The van der Waals surface area contributed by atoms with Crippen LogP contribution < -0.4 is 10.6 Å². The molecule has 0 aliphatic carbocycles. The second kappa shape index (κ2) is 7.57. The number of nitrogens with one attached hydrogen (secondary N) is 2. The van der Waals surface area contributed by atoms with E-state index in [0.29, 0.717) is 19.3 Å². The maximum Gasteiger partial charge on any atom is 0.321 e. The fourth-order valence-corrected chi connectivity index (χ4v) is 1.09. The Kier molecular flexibility index (Phi) is 6.03. The minimum Gasteiger partial charge on any atom is -0.382 e. The summed E-state index contributed by atoms with van der Waals surface area (Å²) in [5.41, 5.74) is -0.106. The van der Waals surface area contributed by atoms with Crippen LogP contribution >= 0.6 is 0 Å². The Morgan fingerprint density at radius 3 is 2.78 bits per heavy atom. The van der Waals surface area contributed by atoms with E-state index in [1.54, 1.807) is 0 Å². The van der Waals surface area contributed by atoms with Crippen LogP contribution in [0.15, 0.2) is 18.2 Å². The Morgan fingerprint density at radius 2 is 2.11 bits per heavy atom. The summed E-state index contributed by atoms with van der Waals surface area (Å²) in [4.78, 5) is 11.3. The first-order valence-corrected chi connectivity index (χ1v) is 5.20. The quantitative estimate of drug-likeness (QED) is 0.604. The molecule has 1 aromatic rings. The highest BCUT2D eigenvalue weighted by Gasteiger charge is 2.07. The van der Waals surface area contributed by atoms with E-state index in [-0.39, 0.29) is 12.4 Å². The van der Waals surface area contributed by atoms with Crippen LogP contribution in [0.1, 0.15) is 0 Å². The van der Waals surface area contributed by atoms with Crippen molar-refractivity contribution in [3.63, 3.8) is 0 Å². The lowest BCUT2D eigenvalue weighted by Gasteiger charge is -2.08. The van der Waals surface area contributed by atoms with Gasteiger partial charge in [0.1, 0.15) is 18.4 Å². The maximum atomic E-state index is 13.2. The number of carbonyl (C=O) groups is 1. The van der Waals surface area contributed by atoms with Crippen molar-refractivity contribution in [2.45, 2.75) is 0 Å². The smallest absolute Gasteiger partial charge is 0.321 e. The number of urea groups is 1. The predicted octanol–water partition coefficient (Wildman–Crippen LogP) is 1.71. The van der Waals surface area contributed by atoms with Crippen LogP contribution in [0.2, 0.25) is 0 Å². The Bertz CT molecular complexity index is 402. The van der Waals surface area contributed by atoms with Crippen LogP contribution in [0, 0.1) is 11.6 Å². The second-order valence-corrected chi connectivity index (χ2v) is 3.30. The third kappa shape index (κ3) is 5.07. The molecule has 0 saturated carbocycles. The van der Waals surface area contributed by atoms with Gasteiger partial charge in [-0.2, -0.15) is 0 Å². The molecule has 0 aromatic heterocycles. The molecule has 100 valence electrons. The van der Waals surface area contributed by atoms with Crippen molar-refractivity contribution >= 4 is 11.7 Å². The number of amides is 2. The third-order valence-corrected chi connectivity index (χ3v) is 1.95. The van der Waals surface area contributed by atoms with E-state index in [0.717, 1.165) is 12.1 Å². The highest BCUT2D eigenvalue weighted by atomic mass is 19.1. The molecule has 18 heavy (non-hydrogen) atoms. The first-order valence-electron chi connectivity index (χ1n) is 5.20. The summed E-state index contributed by atoms with van der Waals surface area (Å²) in [6, 6.07) is 2.23. The third-order valence-electron chi connectivity index (χ3n) is 1.95. The van der Waals surface area contributed by atoms with Gasteiger partial charge in [-0.25, -0.2) is 13.6 Å². The largest absolute Gasteiger partial charge is 0.382 e. The van der Waals surface area contributed by atoms with Crippen molar-refractivity contribution in [1.82, 2.24) is 5.32 Å². The summed E-state index contributed by atoms with van der Waals surface area (Å²) in [5, 5.41) is 4.57. The molecule has 0 saturated heterocycles. The average Bonchev–Trinajstić information content (AvgIpc) is 2.32. The molecule has 5 nitrogen and oxygen atoms in total. The number of methoxy groups -OCH3 is 1. The Hall–Kier alpha value is -1.73. The number of anilines is 1. The van der Waals surface area contributed by atoms with E-state index in [4.69, 9.17) is 9.47 Å². The second-order valence-electron chi connectivity index (χ2n) is 3.30. The zero-order chi connectivity index (χ0) is 13.4. The molecule has 0 bridgehead atoms. The summed E-state index contributed by atoms with van der Waals surface area (Å²) >= 11 is 0. The number of carbonyl (C=O) groups excluding carboxylic acids is 1. The summed E-state index contributed by atoms with van der Waals surface area (Å²) in [6.45, 7) is 0.718. The van der Waals surface area contributed by atoms with Crippen LogP contribution in [0.5, 0.6) is 0 Å². The van der Waals surface area contributed by atoms with Gasteiger partial charge >= 0.3 is 6.03 Å². The van der Waals surface area contributed by atoms with Crippen LogP contribution in [0.4, 0.5) is 19.3 Å². The minimum absolute atomic E-state index is 0.0298.